The zero-order valence-corrected chi connectivity index (χ0v) is 19.0. The molecule has 0 aromatic heterocycles. The summed E-state index contributed by atoms with van der Waals surface area (Å²) in [5.41, 5.74) is -0.0981. The number of esters is 1. The summed E-state index contributed by atoms with van der Waals surface area (Å²) < 4.78 is 45.0. The van der Waals surface area contributed by atoms with E-state index in [0.717, 1.165) is 22.5 Å². The number of benzene rings is 2. The second kappa shape index (κ2) is 10.4. The lowest BCUT2D eigenvalue weighted by atomic mass is 10.2. The normalized spacial score (nSPS) is 11.9. The van der Waals surface area contributed by atoms with E-state index in [2.05, 4.69) is 5.32 Å². The van der Waals surface area contributed by atoms with Gasteiger partial charge in [0.2, 0.25) is 0 Å². The van der Waals surface area contributed by atoms with Crippen LogP contribution in [0.3, 0.4) is 0 Å². The quantitative estimate of drug-likeness (QED) is 0.581. The highest BCUT2D eigenvalue weighted by atomic mass is 35.5. The fourth-order valence-electron chi connectivity index (χ4n) is 2.47. The molecule has 0 aliphatic rings. The summed E-state index contributed by atoms with van der Waals surface area (Å²) in [6.45, 7) is 3.18. The van der Waals surface area contributed by atoms with Gasteiger partial charge in [-0.25, -0.2) is 22.4 Å². The summed E-state index contributed by atoms with van der Waals surface area (Å²) in [5, 5.41) is 4.25. The fraction of sp³-hybridized carbons (Fsp3) is 0.250. The van der Waals surface area contributed by atoms with Crippen molar-refractivity contribution in [3.63, 3.8) is 0 Å². The van der Waals surface area contributed by atoms with Crippen molar-refractivity contribution in [1.29, 1.82) is 0 Å². The van der Waals surface area contributed by atoms with Crippen LogP contribution in [0, 0.1) is 5.82 Å². The SMILES string of the molecule is CCNC(=O)NC(=O)[C@H](C)OC(=O)c1cc(S(=O)(=O)N(C)c2ccc(F)cc2)ccc1Cl. The van der Waals surface area contributed by atoms with Gasteiger partial charge in [-0.2, -0.15) is 0 Å². The lowest BCUT2D eigenvalue weighted by Crippen LogP contribution is -2.44. The standard InChI is InChI=1S/C20H21ClFN3O6S/c1-4-23-20(28)24-18(26)12(2)31-19(27)16-11-15(9-10-17(16)21)32(29,30)25(3)14-7-5-13(22)6-8-14/h5-12H,4H2,1-3H3,(H2,23,24,26,28)/t12-/m0/s1. The first kappa shape index (κ1) is 25.1. The molecule has 3 amide bonds. The Labute approximate surface area is 189 Å². The first-order chi connectivity index (χ1) is 15.0. The number of hydrogen-bond donors (Lipinski definition) is 2. The fourth-order valence-corrected chi connectivity index (χ4v) is 3.88. The van der Waals surface area contributed by atoms with Gasteiger partial charge in [0.15, 0.2) is 6.10 Å². The van der Waals surface area contributed by atoms with Gasteiger partial charge in [0.25, 0.3) is 15.9 Å². The second-order valence-electron chi connectivity index (χ2n) is 6.49. The number of hydrogen-bond acceptors (Lipinski definition) is 6. The number of rotatable bonds is 7. The maximum atomic E-state index is 13.1. The number of nitrogens with zero attached hydrogens (tertiary/aromatic N) is 1. The van der Waals surface area contributed by atoms with Crippen LogP contribution in [0.2, 0.25) is 5.02 Å². The third-order valence-corrected chi connectivity index (χ3v) is 6.34. The smallest absolute Gasteiger partial charge is 0.340 e. The van der Waals surface area contributed by atoms with Gasteiger partial charge in [0.1, 0.15) is 5.82 Å². The zero-order valence-electron chi connectivity index (χ0n) is 17.4. The number of carbonyl (C=O) groups is 3. The predicted molar refractivity (Wildman–Crippen MR) is 116 cm³/mol. The van der Waals surface area contributed by atoms with Crippen molar-refractivity contribution in [2.75, 3.05) is 17.9 Å². The molecule has 0 unspecified atom stereocenters. The van der Waals surface area contributed by atoms with E-state index in [9.17, 15) is 27.2 Å². The van der Waals surface area contributed by atoms with Crippen LogP contribution in [0.5, 0.6) is 0 Å². The number of halogens is 2. The minimum Gasteiger partial charge on any atom is -0.449 e. The van der Waals surface area contributed by atoms with Crippen molar-refractivity contribution >= 4 is 45.2 Å². The second-order valence-corrected chi connectivity index (χ2v) is 8.86. The Morgan fingerprint density at radius 2 is 1.78 bits per heavy atom. The van der Waals surface area contributed by atoms with E-state index in [4.69, 9.17) is 16.3 Å². The predicted octanol–water partition coefficient (Wildman–Crippen LogP) is 2.70. The molecule has 9 nitrogen and oxygen atoms in total. The summed E-state index contributed by atoms with van der Waals surface area (Å²) >= 11 is 6.03. The van der Waals surface area contributed by atoms with Gasteiger partial charge < -0.3 is 10.1 Å². The molecular formula is C20H21ClFN3O6S. The largest absolute Gasteiger partial charge is 0.449 e. The molecule has 172 valence electrons. The summed E-state index contributed by atoms with van der Waals surface area (Å²) in [6, 6.07) is 7.44. The molecule has 0 fully saturated rings. The van der Waals surface area contributed by atoms with Gasteiger partial charge in [0, 0.05) is 13.6 Å². The summed E-state index contributed by atoms with van der Waals surface area (Å²) in [4.78, 5) is 35.6. The van der Waals surface area contributed by atoms with Gasteiger partial charge in [-0.1, -0.05) is 11.6 Å². The number of anilines is 1. The van der Waals surface area contributed by atoms with Crippen molar-refractivity contribution in [2.45, 2.75) is 24.8 Å². The van der Waals surface area contributed by atoms with E-state index < -0.39 is 39.9 Å². The molecule has 0 aliphatic carbocycles. The Balaban J connectivity index is 2.24. The first-order valence-electron chi connectivity index (χ1n) is 9.31. The van der Waals surface area contributed by atoms with Crippen LogP contribution in [-0.2, 0) is 19.6 Å². The number of carbonyl (C=O) groups excluding carboxylic acids is 3. The Bertz CT molecular complexity index is 1120. The molecule has 32 heavy (non-hydrogen) atoms. The van der Waals surface area contributed by atoms with Gasteiger partial charge >= 0.3 is 12.0 Å². The Hall–Kier alpha value is -3.18. The molecule has 0 radical (unpaired) electrons. The van der Waals surface area contributed by atoms with E-state index in [1.54, 1.807) is 6.92 Å². The third-order valence-electron chi connectivity index (χ3n) is 4.23. The van der Waals surface area contributed by atoms with Crippen LogP contribution in [0.4, 0.5) is 14.9 Å². The molecular weight excluding hydrogens is 465 g/mol. The van der Waals surface area contributed by atoms with Crippen LogP contribution < -0.4 is 14.9 Å². The molecule has 0 spiro atoms. The molecule has 0 heterocycles. The van der Waals surface area contributed by atoms with Crippen molar-refractivity contribution < 1.29 is 31.9 Å². The molecule has 2 aromatic rings. The number of ether oxygens (including phenoxy) is 1. The molecule has 0 saturated heterocycles. The molecule has 2 aromatic carbocycles. The molecule has 0 aliphatic heterocycles. The lowest BCUT2D eigenvalue weighted by molar-refractivity contribution is -0.127. The van der Waals surface area contributed by atoms with Gasteiger partial charge in [-0.15, -0.1) is 0 Å². The number of amides is 3. The minimum absolute atomic E-state index is 0.102. The maximum Gasteiger partial charge on any atom is 0.340 e. The Morgan fingerprint density at radius 1 is 1.16 bits per heavy atom. The van der Waals surface area contributed by atoms with Crippen LogP contribution >= 0.6 is 11.6 Å². The summed E-state index contributed by atoms with van der Waals surface area (Å²) in [5.74, 6) is -2.46. The van der Waals surface area contributed by atoms with Crippen molar-refractivity contribution in [3.8, 4) is 0 Å². The molecule has 2 N–H and O–H groups in total. The van der Waals surface area contributed by atoms with Gasteiger partial charge in [-0.05, 0) is 56.3 Å². The number of nitrogens with one attached hydrogen (secondary N) is 2. The topological polar surface area (TPSA) is 122 Å². The highest BCUT2D eigenvalue weighted by Crippen LogP contribution is 2.26. The summed E-state index contributed by atoms with van der Waals surface area (Å²) in [7, 11) is -2.87. The Kier molecular flexibility index (Phi) is 8.17. The first-order valence-corrected chi connectivity index (χ1v) is 11.1. The highest BCUT2D eigenvalue weighted by Gasteiger charge is 2.26. The molecule has 2 rings (SSSR count). The van der Waals surface area contributed by atoms with E-state index in [1.807, 2.05) is 5.32 Å². The molecule has 1 atom stereocenters. The molecule has 0 saturated carbocycles. The van der Waals surface area contributed by atoms with E-state index in [-0.39, 0.29) is 27.7 Å². The average molecular weight is 486 g/mol. The zero-order chi connectivity index (χ0) is 24.1. The van der Waals surface area contributed by atoms with Crippen LogP contribution in [-0.4, -0.2) is 46.0 Å². The van der Waals surface area contributed by atoms with Crippen LogP contribution in [0.25, 0.3) is 0 Å². The van der Waals surface area contributed by atoms with Crippen LogP contribution in [0.15, 0.2) is 47.4 Å². The van der Waals surface area contributed by atoms with Gasteiger partial charge in [-0.3, -0.25) is 14.4 Å². The number of imide groups is 1. The number of urea groups is 1. The van der Waals surface area contributed by atoms with Crippen molar-refractivity contribution in [1.82, 2.24) is 10.6 Å². The average Bonchev–Trinajstić information content (AvgIpc) is 2.73. The summed E-state index contributed by atoms with van der Waals surface area (Å²) in [6.07, 6.45) is -1.36. The van der Waals surface area contributed by atoms with Gasteiger partial charge in [0.05, 0.1) is 21.2 Å². The third kappa shape index (κ3) is 5.95. The molecule has 12 heteroatoms. The Morgan fingerprint density at radius 3 is 2.38 bits per heavy atom. The monoisotopic (exact) mass is 485 g/mol. The van der Waals surface area contributed by atoms with Crippen molar-refractivity contribution in [2.24, 2.45) is 0 Å². The van der Waals surface area contributed by atoms with Crippen LogP contribution in [0.1, 0.15) is 24.2 Å². The van der Waals surface area contributed by atoms with Crippen molar-refractivity contribution in [3.05, 3.63) is 58.9 Å². The molecule has 0 bridgehead atoms. The van der Waals surface area contributed by atoms with E-state index in [1.165, 1.54) is 38.2 Å². The number of sulfonamides is 1. The van der Waals surface area contributed by atoms with E-state index >= 15 is 0 Å². The minimum atomic E-state index is -4.13. The lowest BCUT2D eigenvalue weighted by Gasteiger charge is -2.20. The van der Waals surface area contributed by atoms with E-state index in [0.29, 0.717) is 0 Å². The highest BCUT2D eigenvalue weighted by molar-refractivity contribution is 7.92. The maximum absolute atomic E-state index is 13.1.